The Morgan fingerprint density at radius 1 is 1.03 bits per heavy atom. The first kappa shape index (κ1) is 27.1. The molecule has 37 heavy (non-hydrogen) atoms. The number of imidazole rings is 2. The molecule has 1 aliphatic rings. The van der Waals surface area contributed by atoms with Gasteiger partial charge in [0.2, 0.25) is 0 Å². The van der Waals surface area contributed by atoms with E-state index in [9.17, 15) is 4.79 Å². The van der Waals surface area contributed by atoms with Gasteiger partial charge in [-0.15, -0.1) is 0 Å². The number of amides is 1. The first-order valence-corrected chi connectivity index (χ1v) is 13.9. The normalized spacial score (nSPS) is 13.7. The zero-order valence-corrected chi connectivity index (χ0v) is 22.8. The molecule has 1 amide bonds. The third kappa shape index (κ3) is 7.52. The number of aromatic amines is 1. The first-order valence-electron chi connectivity index (χ1n) is 13.9. The number of unbranched alkanes of at least 4 members (excludes halogenated alkanes) is 1. The third-order valence-electron chi connectivity index (χ3n) is 7.26. The van der Waals surface area contributed by atoms with Gasteiger partial charge in [0.25, 0.3) is 5.91 Å². The van der Waals surface area contributed by atoms with E-state index in [0.29, 0.717) is 18.9 Å². The van der Waals surface area contributed by atoms with Crippen LogP contribution in [0.25, 0.3) is 0 Å². The molecule has 8 heteroatoms. The van der Waals surface area contributed by atoms with E-state index in [2.05, 4.69) is 56.8 Å². The smallest absolute Gasteiger partial charge is 0.290 e. The first-order chi connectivity index (χ1) is 18.1. The molecule has 0 radical (unpaired) electrons. The average Bonchev–Trinajstić information content (AvgIpc) is 3.58. The van der Waals surface area contributed by atoms with Crippen LogP contribution < -0.4 is 0 Å². The summed E-state index contributed by atoms with van der Waals surface area (Å²) < 4.78 is 1.95. The second-order valence-corrected chi connectivity index (χ2v) is 10.2. The van der Waals surface area contributed by atoms with Crippen LogP contribution in [-0.2, 0) is 33.1 Å². The number of H-pyrrole nitrogens is 1. The summed E-state index contributed by atoms with van der Waals surface area (Å²) in [4.78, 5) is 31.8. The van der Waals surface area contributed by atoms with Crippen molar-refractivity contribution in [1.29, 1.82) is 0 Å². The van der Waals surface area contributed by atoms with Gasteiger partial charge < -0.3 is 19.4 Å². The number of rotatable bonds is 14. The molecule has 0 spiro atoms. The maximum absolute atomic E-state index is 13.2. The summed E-state index contributed by atoms with van der Waals surface area (Å²) in [5.41, 5.74) is 3.98. The number of hydrogen-bond acceptors (Lipinski definition) is 5. The molecule has 0 atom stereocenters. The second kappa shape index (κ2) is 13.5. The minimum absolute atomic E-state index is 0.117. The van der Waals surface area contributed by atoms with Crippen molar-refractivity contribution >= 4 is 5.91 Å². The maximum atomic E-state index is 13.2. The lowest BCUT2D eigenvalue weighted by Gasteiger charge is -2.30. The zero-order chi connectivity index (χ0) is 26.0. The van der Waals surface area contributed by atoms with Crippen LogP contribution in [-0.4, -0.2) is 72.8 Å². The number of aromatic nitrogens is 4. The summed E-state index contributed by atoms with van der Waals surface area (Å²) in [5.74, 6) is 1.09. The average molecular weight is 506 g/mol. The van der Waals surface area contributed by atoms with Crippen LogP contribution in [0, 0.1) is 0 Å². The van der Waals surface area contributed by atoms with Crippen molar-refractivity contribution in [2.24, 2.45) is 7.05 Å². The molecule has 0 saturated carbocycles. The predicted molar refractivity (Wildman–Crippen MR) is 147 cm³/mol. The van der Waals surface area contributed by atoms with Crippen molar-refractivity contribution in [2.45, 2.75) is 65.6 Å². The molecule has 3 aromatic rings. The summed E-state index contributed by atoms with van der Waals surface area (Å²) in [6, 6.07) is 6.73. The molecule has 1 aromatic carbocycles. The molecule has 1 aliphatic heterocycles. The van der Waals surface area contributed by atoms with Gasteiger partial charge in [0.1, 0.15) is 5.82 Å². The summed E-state index contributed by atoms with van der Waals surface area (Å²) in [6.07, 6.45) is 13.0. The van der Waals surface area contributed by atoms with E-state index in [-0.39, 0.29) is 5.91 Å². The van der Waals surface area contributed by atoms with Crippen molar-refractivity contribution < 1.29 is 4.79 Å². The maximum Gasteiger partial charge on any atom is 0.290 e. The summed E-state index contributed by atoms with van der Waals surface area (Å²) in [5, 5.41) is 0. The van der Waals surface area contributed by atoms with Crippen LogP contribution in [0.1, 0.15) is 72.7 Å². The number of nitrogens with zero attached hydrogens (tertiary/aromatic N) is 6. The van der Waals surface area contributed by atoms with E-state index in [1.54, 1.807) is 18.6 Å². The highest BCUT2D eigenvalue weighted by molar-refractivity contribution is 5.90. The Kier molecular flexibility index (Phi) is 9.91. The lowest BCUT2D eigenvalue weighted by molar-refractivity contribution is 0.0712. The van der Waals surface area contributed by atoms with Gasteiger partial charge in [0.15, 0.2) is 5.82 Å². The van der Waals surface area contributed by atoms with Crippen LogP contribution in [0.3, 0.4) is 0 Å². The molecule has 4 rings (SSSR count). The lowest BCUT2D eigenvalue weighted by Crippen LogP contribution is -2.33. The second-order valence-electron chi connectivity index (χ2n) is 10.2. The Morgan fingerprint density at radius 2 is 1.86 bits per heavy atom. The van der Waals surface area contributed by atoms with E-state index in [4.69, 9.17) is 0 Å². The SMILES string of the molecule is CCCN(CCC)CCCCN1CCc2cc(CN(Cc3nccn3C)C(=O)c3ncc[nH]3)ccc2C1. The quantitative estimate of drug-likeness (QED) is 0.332. The van der Waals surface area contributed by atoms with Crippen molar-refractivity contribution in [1.82, 2.24) is 34.2 Å². The van der Waals surface area contributed by atoms with Crippen LogP contribution in [0.4, 0.5) is 0 Å². The molecule has 1 N–H and O–H groups in total. The Labute approximate surface area is 221 Å². The monoisotopic (exact) mass is 505 g/mol. The van der Waals surface area contributed by atoms with Gasteiger partial charge in [-0.25, -0.2) is 9.97 Å². The Hall–Kier alpha value is -2.97. The van der Waals surface area contributed by atoms with Crippen LogP contribution in [0.2, 0.25) is 0 Å². The largest absolute Gasteiger partial charge is 0.341 e. The molecule has 2 aromatic heterocycles. The third-order valence-corrected chi connectivity index (χ3v) is 7.26. The fourth-order valence-electron chi connectivity index (χ4n) is 5.26. The molecule has 0 unspecified atom stereocenters. The molecule has 3 heterocycles. The minimum Gasteiger partial charge on any atom is -0.341 e. The highest BCUT2D eigenvalue weighted by atomic mass is 16.2. The van der Waals surface area contributed by atoms with E-state index in [1.807, 2.05) is 22.7 Å². The lowest BCUT2D eigenvalue weighted by atomic mass is 9.97. The summed E-state index contributed by atoms with van der Waals surface area (Å²) in [6.45, 7) is 12.5. The number of fused-ring (bicyclic) bond motifs is 1. The molecule has 8 nitrogen and oxygen atoms in total. The van der Waals surface area contributed by atoms with Crippen LogP contribution >= 0.6 is 0 Å². The highest BCUT2D eigenvalue weighted by Crippen LogP contribution is 2.22. The van der Waals surface area contributed by atoms with Gasteiger partial charge in [-0.3, -0.25) is 9.69 Å². The number of hydrogen-bond donors (Lipinski definition) is 1. The Morgan fingerprint density at radius 3 is 2.57 bits per heavy atom. The molecule has 200 valence electrons. The molecule has 0 saturated heterocycles. The number of benzene rings is 1. The number of carbonyl (C=O) groups excluding carboxylic acids is 1. The van der Waals surface area contributed by atoms with Gasteiger partial charge in [0.05, 0.1) is 6.54 Å². The van der Waals surface area contributed by atoms with Crippen LogP contribution in [0.5, 0.6) is 0 Å². The van der Waals surface area contributed by atoms with E-state index >= 15 is 0 Å². The van der Waals surface area contributed by atoms with E-state index in [1.165, 1.54) is 63.0 Å². The van der Waals surface area contributed by atoms with Gasteiger partial charge in [0, 0.05) is 51.5 Å². The standard InChI is InChI=1S/C29H43N7O/c1-4-14-34(15-5-2)16-6-7-17-35-18-10-25-20-24(8-9-26(25)22-35)21-36(23-27-30-13-19-33(27)3)29(37)28-31-11-12-32-28/h8-9,11-13,19-20H,4-7,10,14-18,21-23H2,1-3H3,(H,31,32). The Balaban J connectivity index is 1.34. The predicted octanol–water partition coefficient (Wildman–Crippen LogP) is 4.25. The number of carbonyl (C=O) groups is 1. The topological polar surface area (TPSA) is 73.3 Å². The number of aryl methyl sites for hydroxylation is 1. The molecular weight excluding hydrogens is 462 g/mol. The fraction of sp³-hybridized carbons (Fsp3) is 0.552. The molecule has 0 aliphatic carbocycles. The van der Waals surface area contributed by atoms with Crippen molar-refractivity contribution in [2.75, 3.05) is 32.7 Å². The van der Waals surface area contributed by atoms with Gasteiger partial charge in [-0.05, 0) is 75.0 Å². The highest BCUT2D eigenvalue weighted by Gasteiger charge is 2.22. The number of nitrogens with one attached hydrogen (secondary N) is 1. The molecular formula is C29H43N7O. The van der Waals surface area contributed by atoms with E-state index < -0.39 is 0 Å². The minimum atomic E-state index is -0.117. The molecule has 0 fully saturated rings. The van der Waals surface area contributed by atoms with Gasteiger partial charge in [-0.2, -0.15) is 0 Å². The van der Waals surface area contributed by atoms with Gasteiger partial charge in [-0.1, -0.05) is 32.0 Å². The van der Waals surface area contributed by atoms with Gasteiger partial charge >= 0.3 is 0 Å². The molecule has 0 bridgehead atoms. The van der Waals surface area contributed by atoms with Crippen molar-refractivity contribution in [3.8, 4) is 0 Å². The van der Waals surface area contributed by atoms with E-state index in [0.717, 1.165) is 30.9 Å². The summed E-state index contributed by atoms with van der Waals surface area (Å²) >= 11 is 0. The zero-order valence-electron chi connectivity index (χ0n) is 22.8. The van der Waals surface area contributed by atoms with Crippen LogP contribution in [0.15, 0.2) is 43.0 Å². The summed E-state index contributed by atoms with van der Waals surface area (Å²) in [7, 11) is 1.95. The van der Waals surface area contributed by atoms with Crippen molar-refractivity contribution in [3.05, 3.63) is 71.3 Å². The van der Waals surface area contributed by atoms with Crippen molar-refractivity contribution in [3.63, 3.8) is 0 Å². The Bertz CT molecular complexity index is 1100. The fourth-order valence-corrected chi connectivity index (χ4v) is 5.26.